The number of aromatic nitrogens is 1. The van der Waals surface area contributed by atoms with Gasteiger partial charge in [-0.05, 0) is 29.8 Å². The average molecular weight is 354 g/mol. The second-order valence-corrected chi connectivity index (χ2v) is 6.72. The number of nitrogens with zero attached hydrogens (tertiary/aromatic N) is 2. The zero-order chi connectivity index (χ0) is 17.2. The highest BCUT2D eigenvalue weighted by molar-refractivity contribution is 6.35. The van der Waals surface area contributed by atoms with Crippen molar-refractivity contribution in [1.82, 2.24) is 9.88 Å². The van der Waals surface area contributed by atoms with Crippen LogP contribution in [0.4, 0.5) is 5.69 Å². The first kappa shape index (κ1) is 16.3. The molecule has 5 heteroatoms. The van der Waals surface area contributed by atoms with Crippen molar-refractivity contribution in [2.45, 2.75) is 6.54 Å². The Morgan fingerprint density at radius 2 is 1.84 bits per heavy atom. The Kier molecular flexibility index (Phi) is 4.57. The monoisotopic (exact) mass is 353 g/mol. The molecule has 1 saturated heterocycles. The lowest BCUT2D eigenvalue weighted by Crippen LogP contribution is -2.35. The second-order valence-electron chi connectivity index (χ2n) is 6.31. The molecule has 0 radical (unpaired) electrons. The van der Waals surface area contributed by atoms with E-state index in [4.69, 9.17) is 27.1 Å². The summed E-state index contributed by atoms with van der Waals surface area (Å²) < 4.78 is 5.46. The molecule has 1 aromatic heterocycles. The lowest BCUT2D eigenvalue weighted by Gasteiger charge is -2.27. The van der Waals surface area contributed by atoms with Gasteiger partial charge in [-0.3, -0.25) is 4.90 Å². The smallest absolute Gasteiger partial charge is 0.0898 e. The molecule has 0 spiro atoms. The number of hydrogen-bond acceptors (Lipinski definition) is 4. The lowest BCUT2D eigenvalue weighted by atomic mass is 10.0. The number of halogens is 1. The topological polar surface area (TPSA) is 51.4 Å². The summed E-state index contributed by atoms with van der Waals surface area (Å²) >= 11 is 6.44. The zero-order valence-corrected chi connectivity index (χ0v) is 14.7. The summed E-state index contributed by atoms with van der Waals surface area (Å²) in [4.78, 5) is 7.22. The molecule has 0 amide bonds. The summed E-state index contributed by atoms with van der Waals surface area (Å²) in [5.74, 6) is 0. The molecule has 1 fully saturated rings. The molecule has 2 aromatic carbocycles. The fourth-order valence-corrected chi connectivity index (χ4v) is 3.43. The van der Waals surface area contributed by atoms with Gasteiger partial charge in [-0.25, -0.2) is 4.98 Å². The van der Waals surface area contributed by atoms with E-state index in [0.717, 1.165) is 60.7 Å². The van der Waals surface area contributed by atoms with E-state index in [9.17, 15) is 0 Å². The Morgan fingerprint density at radius 3 is 2.60 bits per heavy atom. The maximum atomic E-state index is 6.44. The number of ether oxygens (including phenoxy) is 1. The molecule has 0 bridgehead atoms. The molecule has 25 heavy (non-hydrogen) atoms. The predicted molar refractivity (Wildman–Crippen MR) is 103 cm³/mol. The third-order valence-corrected chi connectivity index (χ3v) is 4.89. The Labute approximate surface area is 152 Å². The Bertz CT molecular complexity index is 889. The molecule has 4 nitrogen and oxygen atoms in total. The van der Waals surface area contributed by atoms with Crippen LogP contribution in [-0.4, -0.2) is 36.2 Å². The van der Waals surface area contributed by atoms with E-state index in [1.54, 1.807) is 0 Å². The SMILES string of the molecule is Nc1ccc(-c2cc(CN3CCOCC3)c3cccc(Cl)c3n2)cc1. The van der Waals surface area contributed by atoms with Crippen LogP contribution in [0, 0.1) is 0 Å². The maximum Gasteiger partial charge on any atom is 0.0898 e. The van der Waals surface area contributed by atoms with Crippen molar-refractivity contribution in [3.05, 3.63) is 59.1 Å². The number of para-hydroxylation sites is 1. The van der Waals surface area contributed by atoms with Crippen molar-refractivity contribution < 1.29 is 4.74 Å². The van der Waals surface area contributed by atoms with Crippen molar-refractivity contribution >= 4 is 28.2 Å². The molecule has 4 rings (SSSR count). The normalized spacial score (nSPS) is 15.6. The first-order valence-electron chi connectivity index (χ1n) is 8.45. The number of hydrogen-bond donors (Lipinski definition) is 1. The van der Waals surface area contributed by atoms with Crippen molar-refractivity contribution in [2.75, 3.05) is 32.0 Å². The number of anilines is 1. The molecule has 128 valence electrons. The van der Waals surface area contributed by atoms with Crippen molar-refractivity contribution in [3.8, 4) is 11.3 Å². The number of morpholine rings is 1. The molecular weight excluding hydrogens is 334 g/mol. The van der Waals surface area contributed by atoms with Crippen LogP contribution >= 0.6 is 11.6 Å². The van der Waals surface area contributed by atoms with E-state index in [1.165, 1.54) is 5.56 Å². The fraction of sp³-hybridized carbons (Fsp3) is 0.250. The number of nitrogens with two attached hydrogens (primary N) is 1. The minimum absolute atomic E-state index is 0.679. The van der Waals surface area contributed by atoms with Gasteiger partial charge in [0.15, 0.2) is 0 Å². The molecule has 1 aliphatic rings. The first-order chi connectivity index (χ1) is 12.2. The van der Waals surface area contributed by atoms with E-state index >= 15 is 0 Å². The summed E-state index contributed by atoms with van der Waals surface area (Å²) in [7, 11) is 0. The van der Waals surface area contributed by atoms with Gasteiger partial charge in [0.05, 0.1) is 29.4 Å². The van der Waals surface area contributed by atoms with Crippen LogP contribution < -0.4 is 5.73 Å². The Hall–Kier alpha value is -2.14. The summed E-state index contributed by atoms with van der Waals surface area (Å²) in [5, 5.41) is 1.79. The van der Waals surface area contributed by atoms with Crippen LogP contribution in [0.25, 0.3) is 22.2 Å². The van der Waals surface area contributed by atoms with Gasteiger partial charge in [0.1, 0.15) is 0 Å². The number of rotatable bonds is 3. The number of pyridine rings is 1. The summed E-state index contributed by atoms with van der Waals surface area (Å²) in [6.07, 6.45) is 0. The molecule has 0 saturated carbocycles. The molecule has 2 heterocycles. The largest absolute Gasteiger partial charge is 0.399 e. The van der Waals surface area contributed by atoms with Gasteiger partial charge in [-0.15, -0.1) is 0 Å². The van der Waals surface area contributed by atoms with Gasteiger partial charge in [0.25, 0.3) is 0 Å². The van der Waals surface area contributed by atoms with Gasteiger partial charge < -0.3 is 10.5 Å². The summed E-state index contributed by atoms with van der Waals surface area (Å²) in [6, 6.07) is 15.9. The second kappa shape index (κ2) is 7.00. The van der Waals surface area contributed by atoms with Gasteiger partial charge in [0.2, 0.25) is 0 Å². The number of fused-ring (bicyclic) bond motifs is 1. The van der Waals surface area contributed by atoms with Crippen molar-refractivity contribution in [2.24, 2.45) is 0 Å². The summed E-state index contributed by atoms with van der Waals surface area (Å²) in [5.41, 5.74) is 10.6. The van der Waals surface area contributed by atoms with Gasteiger partial charge in [-0.2, -0.15) is 0 Å². The quantitative estimate of drug-likeness (QED) is 0.724. The van der Waals surface area contributed by atoms with Crippen LogP contribution in [0.3, 0.4) is 0 Å². The standard InChI is InChI=1S/C20H20ClN3O/c21-18-3-1-2-17-15(13-24-8-10-25-11-9-24)12-19(23-20(17)18)14-4-6-16(22)7-5-14/h1-7,12H,8-11,13,22H2. The minimum Gasteiger partial charge on any atom is -0.399 e. The van der Waals surface area contributed by atoms with Crippen LogP contribution in [0.2, 0.25) is 5.02 Å². The van der Waals surface area contributed by atoms with Crippen LogP contribution in [0.5, 0.6) is 0 Å². The third-order valence-electron chi connectivity index (χ3n) is 4.58. The highest BCUT2D eigenvalue weighted by Gasteiger charge is 2.15. The van der Waals surface area contributed by atoms with Crippen molar-refractivity contribution in [3.63, 3.8) is 0 Å². The summed E-state index contributed by atoms with van der Waals surface area (Å²) in [6.45, 7) is 4.33. The van der Waals surface area contributed by atoms with E-state index in [2.05, 4.69) is 17.0 Å². The fourth-order valence-electron chi connectivity index (χ4n) is 3.22. The molecule has 2 N–H and O–H groups in total. The van der Waals surface area contributed by atoms with Crippen LogP contribution in [0.15, 0.2) is 48.5 Å². The molecule has 0 atom stereocenters. The molecule has 0 unspecified atom stereocenters. The van der Waals surface area contributed by atoms with Gasteiger partial charge in [-0.1, -0.05) is 35.9 Å². The molecule has 3 aromatic rings. The van der Waals surface area contributed by atoms with Crippen molar-refractivity contribution in [1.29, 1.82) is 0 Å². The zero-order valence-electron chi connectivity index (χ0n) is 13.9. The first-order valence-corrected chi connectivity index (χ1v) is 8.83. The maximum absolute atomic E-state index is 6.44. The lowest BCUT2D eigenvalue weighted by molar-refractivity contribution is 0.0344. The highest BCUT2D eigenvalue weighted by Crippen LogP contribution is 2.30. The third kappa shape index (κ3) is 3.47. The highest BCUT2D eigenvalue weighted by atomic mass is 35.5. The van der Waals surface area contributed by atoms with E-state index in [-0.39, 0.29) is 0 Å². The van der Waals surface area contributed by atoms with E-state index < -0.39 is 0 Å². The van der Waals surface area contributed by atoms with Crippen LogP contribution in [-0.2, 0) is 11.3 Å². The molecule has 1 aliphatic heterocycles. The van der Waals surface area contributed by atoms with E-state index in [0.29, 0.717) is 5.02 Å². The average Bonchev–Trinajstić information content (AvgIpc) is 2.64. The van der Waals surface area contributed by atoms with Gasteiger partial charge >= 0.3 is 0 Å². The van der Waals surface area contributed by atoms with Crippen LogP contribution in [0.1, 0.15) is 5.56 Å². The predicted octanol–water partition coefficient (Wildman–Crippen LogP) is 3.97. The number of nitrogen functional groups attached to an aromatic ring is 1. The number of benzene rings is 2. The molecular formula is C20H20ClN3O. The Morgan fingerprint density at radius 1 is 1.08 bits per heavy atom. The van der Waals surface area contributed by atoms with E-state index in [1.807, 2.05) is 36.4 Å². The minimum atomic E-state index is 0.679. The van der Waals surface area contributed by atoms with Gasteiger partial charge in [0, 0.05) is 36.3 Å². The molecule has 0 aliphatic carbocycles. The Balaban J connectivity index is 1.81.